The van der Waals surface area contributed by atoms with E-state index in [0.717, 1.165) is 12.7 Å². The minimum absolute atomic E-state index is 0.0369. The van der Waals surface area contributed by atoms with Crippen LogP contribution in [0.15, 0.2) is 42.5 Å². The molecule has 2 atom stereocenters. The van der Waals surface area contributed by atoms with Gasteiger partial charge in [-0.05, 0) is 75.6 Å². The first-order valence-corrected chi connectivity index (χ1v) is 15.2. The Morgan fingerprint density at radius 2 is 1.71 bits per heavy atom. The van der Waals surface area contributed by atoms with Crippen molar-refractivity contribution in [3.05, 3.63) is 58.1 Å². The second-order valence-electron chi connectivity index (χ2n) is 9.12. The summed E-state index contributed by atoms with van der Waals surface area (Å²) in [7, 11) is -3.59. The van der Waals surface area contributed by atoms with Crippen molar-refractivity contribution in [2.24, 2.45) is 0 Å². The van der Waals surface area contributed by atoms with Gasteiger partial charge in [-0.15, -0.1) is 0 Å². The highest BCUT2D eigenvalue weighted by Gasteiger charge is 2.28. The number of ether oxygens (including phenoxy) is 1. The second-order valence-corrected chi connectivity index (χ2v) is 11.9. The molecular formula is C27H37Cl2N3O5S. The van der Waals surface area contributed by atoms with Gasteiger partial charge < -0.3 is 15.0 Å². The molecule has 0 saturated carbocycles. The molecule has 1 N–H and O–H groups in total. The number of sulfonamides is 1. The molecule has 0 aliphatic rings. The highest BCUT2D eigenvalue weighted by molar-refractivity contribution is 7.92. The van der Waals surface area contributed by atoms with Gasteiger partial charge in [-0.3, -0.25) is 13.9 Å². The number of rotatable bonds is 14. The number of benzene rings is 2. The van der Waals surface area contributed by atoms with Gasteiger partial charge in [-0.1, -0.05) is 36.2 Å². The second kappa shape index (κ2) is 14.6. The number of amides is 2. The summed E-state index contributed by atoms with van der Waals surface area (Å²) in [5, 5.41) is 3.78. The van der Waals surface area contributed by atoms with Gasteiger partial charge in [0.15, 0.2) is 0 Å². The smallest absolute Gasteiger partial charge is 0.242 e. The van der Waals surface area contributed by atoms with E-state index >= 15 is 0 Å². The van der Waals surface area contributed by atoms with Crippen molar-refractivity contribution in [3.8, 4) is 5.75 Å². The van der Waals surface area contributed by atoms with E-state index in [0.29, 0.717) is 33.7 Å². The summed E-state index contributed by atoms with van der Waals surface area (Å²) in [5.74, 6) is 0.0777. The molecule has 0 bridgehead atoms. The Morgan fingerprint density at radius 1 is 1.05 bits per heavy atom. The summed E-state index contributed by atoms with van der Waals surface area (Å²) in [6, 6.07) is 10.9. The van der Waals surface area contributed by atoms with E-state index in [1.807, 2.05) is 20.8 Å². The SMILES string of the molecule is CCOc1ccc(N(CCCC(=O)N(Cc2ccc(Cl)cc2Cl)C(C)C(=O)NC(C)CC)S(C)(=O)=O)cc1. The average Bonchev–Trinajstić information content (AvgIpc) is 2.85. The predicted molar refractivity (Wildman–Crippen MR) is 153 cm³/mol. The van der Waals surface area contributed by atoms with Crippen LogP contribution in [-0.4, -0.2) is 56.6 Å². The van der Waals surface area contributed by atoms with Crippen LogP contribution in [0.3, 0.4) is 0 Å². The van der Waals surface area contributed by atoms with Crippen LogP contribution in [0, 0.1) is 0 Å². The molecule has 2 unspecified atom stereocenters. The van der Waals surface area contributed by atoms with Gasteiger partial charge in [0.25, 0.3) is 0 Å². The summed E-state index contributed by atoms with van der Waals surface area (Å²) in [5.41, 5.74) is 1.13. The van der Waals surface area contributed by atoms with E-state index in [9.17, 15) is 18.0 Å². The molecule has 0 fully saturated rings. The van der Waals surface area contributed by atoms with Crippen molar-refractivity contribution in [2.45, 2.75) is 65.6 Å². The maximum Gasteiger partial charge on any atom is 0.242 e. The summed E-state index contributed by atoms with van der Waals surface area (Å²) in [6.45, 7) is 8.11. The number of halogens is 2. The maximum absolute atomic E-state index is 13.4. The number of carbonyl (C=O) groups excluding carboxylic acids is 2. The number of hydrogen-bond donors (Lipinski definition) is 1. The van der Waals surface area contributed by atoms with Gasteiger partial charge in [-0.25, -0.2) is 8.42 Å². The molecule has 210 valence electrons. The molecule has 0 heterocycles. The lowest BCUT2D eigenvalue weighted by Crippen LogP contribution is -2.49. The number of nitrogens with one attached hydrogen (secondary N) is 1. The normalized spacial score (nSPS) is 12.9. The number of anilines is 1. The van der Waals surface area contributed by atoms with Crippen molar-refractivity contribution in [3.63, 3.8) is 0 Å². The zero-order valence-electron chi connectivity index (χ0n) is 22.5. The van der Waals surface area contributed by atoms with Gasteiger partial charge in [0.2, 0.25) is 21.8 Å². The number of nitrogens with zero attached hydrogens (tertiary/aromatic N) is 2. The van der Waals surface area contributed by atoms with Gasteiger partial charge in [0.05, 0.1) is 18.6 Å². The lowest BCUT2D eigenvalue weighted by Gasteiger charge is -2.30. The lowest BCUT2D eigenvalue weighted by molar-refractivity contribution is -0.140. The third-order valence-electron chi connectivity index (χ3n) is 6.11. The fourth-order valence-corrected chi connectivity index (χ4v) is 5.19. The van der Waals surface area contributed by atoms with Crippen molar-refractivity contribution < 1.29 is 22.7 Å². The van der Waals surface area contributed by atoms with Crippen LogP contribution in [0.1, 0.15) is 52.5 Å². The molecule has 0 saturated heterocycles. The summed E-state index contributed by atoms with van der Waals surface area (Å²) >= 11 is 12.4. The summed E-state index contributed by atoms with van der Waals surface area (Å²) in [4.78, 5) is 27.8. The average molecular weight is 587 g/mol. The Bertz CT molecular complexity index is 1190. The molecule has 0 aromatic heterocycles. The van der Waals surface area contributed by atoms with E-state index in [1.165, 1.54) is 9.21 Å². The van der Waals surface area contributed by atoms with Gasteiger partial charge in [0.1, 0.15) is 11.8 Å². The molecule has 2 aromatic rings. The highest BCUT2D eigenvalue weighted by atomic mass is 35.5. The molecule has 11 heteroatoms. The molecular weight excluding hydrogens is 549 g/mol. The van der Waals surface area contributed by atoms with Gasteiger partial charge >= 0.3 is 0 Å². The minimum Gasteiger partial charge on any atom is -0.494 e. The summed E-state index contributed by atoms with van der Waals surface area (Å²) < 4.78 is 31.7. The third kappa shape index (κ3) is 9.36. The predicted octanol–water partition coefficient (Wildman–Crippen LogP) is 5.27. The molecule has 0 aliphatic carbocycles. The topological polar surface area (TPSA) is 96.0 Å². The lowest BCUT2D eigenvalue weighted by atomic mass is 10.1. The zero-order valence-corrected chi connectivity index (χ0v) is 24.9. The Balaban J connectivity index is 2.20. The van der Waals surface area contributed by atoms with E-state index < -0.39 is 16.1 Å². The van der Waals surface area contributed by atoms with E-state index in [4.69, 9.17) is 27.9 Å². The van der Waals surface area contributed by atoms with Crippen LogP contribution in [0.4, 0.5) is 5.69 Å². The number of hydrogen-bond acceptors (Lipinski definition) is 5. The van der Waals surface area contributed by atoms with Crippen LogP contribution in [0.25, 0.3) is 0 Å². The first-order chi connectivity index (χ1) is 17.9. The Morgan fingerprint density at radius 3 is 2.26 bits per heavy atom. The molecule has 2 aromatic carbocycles. The third-order valence-corrected chi connectivity index (χ3v) is 7.89. The van der Waals surface area contributed by atoms with Crippen LogP contribution >= 0.6 is 23.2 Å². The monoisotopic (exact) mass is 585 g/mol. The minimum atomic E-state index is -3.59. The Labute approximate surface area is 236 Å². The molecule has 8 nitrogen and oxygen atoms in total. The van der Waals surface area contributed by atoms with Crippen molar-refractivity contribution in [1.29, 1.82) is 0 Å². The van der Waals surface area contributed by atoms with Crippen LogP contribution in [0.2, 0.25) is 10.0 Å². The molecule has 2 rings (SSSR count). The van der Waals surface area contributed by atoms with E-state index in [1.54, 1.807) is 49.4 Å². The fourth-order valence-electron chi connectivity index (χ4n) is 3.76. The van der Waals surface area contributed by atoms with Gasteiger partial charge in [0, 0.05) is 35.6 Å². The molecule has 0 spiro atoms. The standard InChI is InChI=1S/C27H37Cl2N3O5S/c1-6-19(3)30-27(34)20(4)31(18-21-10-11-22(28)17-25(21)29)26(33)9-8-16-32(38(5,35)36)23-12-14-24(15-13-23)37-7-2/h10-15,17,19-20H,6-9,16,18H2,1-5H3,(H,30,34). The quantitative estimate of drug-likeness (QED) is 0.326. The Kier molecular flexibility index (Phi) is 12.2. The Hall–Kier alpha value is -2.49. The first-order valence-electron chi connectivity index (χ1n) is 12.6. The molecule has 0 aliphatic heterocycles. The summed E-state index contributed by atoms with van der Waals surface area (Å²) in [6.07, 6.45) is 2.17. The van der Waals surface area contributed by atoms with Crippen molar-refractivity contribution in [2.75, 3.05) is 23.7 Å². The molecule has 2 amide bonds. The van der Waals surface area contributed by atoms with E-state index in [2.05, 4.69) is 5.32 Å². The van der Waals surface area contributed by atoms with Gasteiger partial charge in [-0.2, -0.15) is 0 Å². The number of carbonyl (C=O) groups is 2. The van der Waals surface area contributed by atoms with Crippen molar-refractivity contribution >= 4 is 50.7 Å². The van der Waals surface area contributed by atoms with Crippen LogP contribution < -0.4 is 14.4 Å². The maximum atomic E-state index is 13.4. The van der Waals surface area contributed by atoms with Crippen molar-refractivity contribution in [1.82, 2.24) is 10.2 Å². The molecule has 38 heavy (non-hydrogen) atoms. The fraction of sp³-hybridized carbons (Fsp3) is 0.481. The largest absolute Gasteiger partial charge is 0.494 e. The highest BCUT2D eigenvalue weighted by Crippen LogP contribution is 2.25. The zero-order chi connectivity index (χ0) is 28.5. The van der Waals surface area contributed by atoms with E-state index in [-0.39, 0.29) is 43.8 Å². The first kappa shape index (κ1) is 31.7. The van der Waals surface area contributed by atoms with Crippen LogP contribution in [-0.2, 0) is 26.2 Å². The van der Waals surface area contributed by atoms with Crippen LogP contribution in [0.5, 0.6) is 5.75 Å². The molecule has 0 radical (unpaired) electrons.